The van der Waals surface area contributed by atoms with Crippen LogP contribution in [0, 0.1) is 0 Å². The normalized spacial score (nSPS) is 15.9. The van der Waals surface area contributed by atoms with Crippen molar-refractivity contribution in [3.63, 3.8) is 0 Å². The maximum absolute atomic E-state index is 5.48. The molecule has 1 aliphatic rings. The van der Waals surface area contributed by atoms with Crippen LogP contribution in [0.25, 0.3) is 0 Å². The largest absolute Gasteiger partial charge is 0.461 e. The second kappa shape index (κ2) is 4.57. The standard InChI is InChI=1S/C11H17N3O/c1-8(2)15-11-13-7-9-3-5-12-6-4-10(9)14-11/h7-8,12H,3-6H2,1-2H3. The quantitative estimate of drug-likeness (QED) is 0.784. The van der Waals surface area contributed by atoms with Crippen molar-refractivity contribution in [1.29, 1.82) is 0 Å². The molecular weight excluding hydrogens is 190 g/mol. The van der Waals surface area contributed by atoms with Crippen LogP contribution in [0.5, 0.6) is 6.01 Å². The highest BCUT2D eigenvalue weighted by atomic mass is 16.5. The minimum Gasteiger partial charge on any atom is -0.461 e. The molecule has 4 nitrogen and oxygen atoms in total. The summed E-state index contributed by atoms with van der Waals surface area (Å²) >= 11 is 0. The maximum Gasteiger partial charge on any atom is 0.316 e. The third-order valence-electron chi connectivity index (χ3n) is 2.38. The maximum atomic E-state index is 5.48. The lowest BCUT2D eigenvalue weighted by Gasteiger charge is -2.09. The number of ether oxygens (including phenoxy) is 1. The number of nitrogens with one attached hydrogen (secondary N) is 1. The average Bonchev–Trinajstić information content (AvgIpc) is 2.41. The predicted molar refractivity (Wildman–Crippen MR) is 58.1 cm³/mol. The van der Waals surface area contributed by atoms with Crippen LogP contribution < -0.4 is 10.1 Å². The summed E-state index contributed by atoms with van der Waals surface area (Å²) in [6.07, 6.45) is 4.00. The van der Waals surface area contributed by atoms with Gasteiger partial charge in [0.15, 0.2) is 0 Å². The van der Waals surface area contributed by atoms with Gasteiger partial charge in [0, 0.05) is 19.2 Å². The van der Waals surface area contributed by atoms with Crippen molar-refractivity contribution in [3.8, 4) is 6.01 Å². The molecule has 82 valence electrons. The lowest BCUT2D eigenvalue weighted by Crippen LogP contribution is -2.16. The second-order valence-electron chi connectivity index (χ2n) is 4.04. The molecule has 0 saturated carbocycles. The summed E-state index contributed by atoms with van der Waals surface area (Å²) in [7, 11) is 0. The van der Waals surface area contributed by atoms with E-state index in [-0.39, 0.29) is 6.10 Å². The number of rotatable bonds is 2. The van der Waals surface area contributed by atoms with Gasteiger partial charge in [0.2, 0.25) is 0 Å². The van der Waals surface area contributed by atoms with E-state index >= 15 is 0 Å². The first-order valence-corrected chi connectivity index (χ1v) is 5.48. The van der Waals surface area contributed by atoms with Gasteiger partial charge in [-0.25, -0.2) is 4.98 Å². The zero-order chi connectivity index (χ0) is 10.7. The van der Waals surface area contributed by atoms with E-state index < -0.39 is 0 Å². The van der Waals surface area contributed by atoms with E-state index in [0.29, 0.717) is 6.01 Å². The molecule has 0 aliphatic carbocycles. The second-order valence-corrected chi connectivity index (χ2v) is 4.04. The van der Waals surface area contributed by atoms with E-state index in [1.165, 1.54) is 5.56 Å². The molecule has 0 aromatic carbocycles. The van der Waals surface area contributed by atoms with Crippen molar-refractivity contribution in [2.45, 2.75) is 32.8 Å². The predicted octanol–water partition coefficient (Wildman–Crippen LogP) is 0.952. The van der Waals surface area contributed by atoms with Crippen LogP contribution >= 0.6 is 0 Å². The van der Waals surface area contributed by atoms with E-state index in [0.717, 1.165) is 31.6 Å². The van der Waals surface area contributed by atoms with Gasteiger partial charge in [0.05, 0.1) is 11.8 Å². The Morgan fingerprint density at radius 2 is 2.13 bits per heavy atom. The molecule has 1 aromatic rings. The van der Waals surface area contributed by atoms with Crippen molar-refractivity contribution in [1.82, 2.24) is 15.3 Å². The van der Waals surface area contributed by atoms with E-state index in [4.69, 9.17) is 4.74 Å². The molecule has 0 fully saturated rings. The van der Waals surface area contributed by atoms with Crippen LogP contribution in [0.15, 0.2) is 6.20 Å². The van der Waals surface area contributed by atoms with Crippen LogP contribution in [0.2, 0.25) is 0 Å². The molecule has 0 bridgehead atoms. The molecule has 2 rings (SSSR count). The van der Waals surface area contributed by atoms with Crippen molar-refractivity contribution in [3.05, 3.63) is 17.5 Å². The fraction of sp³-hybridized carbons (Fsp3) is 0.636. The van der Waals surface area contributed by atoms with E-state index in [2.05, 4.69) is 15.3 Å². The summed E-state index contributed by atoms with van der Waals surface area (Å²) in [5.41, 5.74) is 2.38. The Hall–Kier alpha value is -1.16. The molecular formula is C11H17N3O. The van der Waals surface area contributed by atoms with Crippen molar-refractivity contribution in [2.24, 2.45) is 0 Å². The van der Waals surface area contributed by atoms with E-state index in [1.807, 2.05) is 20.0 Å². The van der Waals surface area contributed by atoms with Crippen molar-refractivity contribution < 1.29 is 4.74 Å². The first-order valence-electron chi connectivity index (χ1n) is 5.48. The van der Waals surface area contributed by atoms with Crippen LogP contribution in [0.3, 0.4) is 0 Å². The minimum atomic E-state index is 0.131. The Morgan fingerprint density at radius 3 is 2.93 bits per heavy atom. The molecule has 1 aliphatic heterocycles. The van der Waals surface area contributed by atoms with Crippen LogP contribution in [-0.4, -0.2) is 29.2 Å². The summed E-state index contributed by atoms with van der Waals surface area (Å²) in [5, 5.41) is 3.35. The Balaban J connectivity index is 2.20. The van der Waals surface area contributed by atoms with Gasteiger partial charge in [0.1, 0.15) is 0 Å². The smallest absolute Gasteiger partial charge is 0.316 e. The van der Waals surface area contributed by atoms with Crippen LogP contribution in [0.1, 0.15) is 25.1 Å². The topological polar surface area (TPSA) is 47.0 Å². The molecule has 0 atom stereocenters. The van der Waals surface area contributed by atoms with E-state index in [1.54, 1.807) is 0 Å². The highest BCUT2D eigenvalue weighted by molar-refractivity contribution is 5.21. The molecule has 0 spiro atoms. The summed E-state index contributed by atoms with van der Waals surface area (Å²) in [4.78, 5) is 8.65. The Kier molecular flexibility index (Phi) is 3.16. The molecule has 1 N–H and O–H groups in total. The lowest BCUT2D eigenvalue weighted by molar-refractivity contribution is 0.221. The first-order chi connectivity index (χ1) is 7.25. The van der Waals surface area contributed by atoms with Gasteiger partial charge in [-0.3, -0.25) is 0 Å². The number of hydrogen-bond acceptors (Lipinski definition) is 4. The molecule has 1 aromatic heterocycles. The number of fused-ring (bicyclic) bond motifs is 1. The highest BCUT2D eigenvalue weighted by Crippen LogP contribution is 2.13. The van der Waals surface area contributed by atoms with Gasteiger partial charge in [0.25, 0.3) is 0 Å². The molecule has 0 amide bonds. The fourth-order valence-corrected chi connectivity index (χ4v) is 1.67. The molecule has 0 unspecified atom stereocenters. The summed E-state index contributed by atoms with van der Waals surface area (Å²) in [6.45, 7) is 5.97. The first kappa shape index (κ1) is 10.4. The minimum absolute atomic E-state index is 0.131. The van der Waals surface area contributed by atoms with Gasteiger partial charge < -0.3 is 10.1 Å². The molecule has 4 heteroatoms. The van der Waals surface area contributed by atoms with Crippen molar-refractivity contribution >= 4 is 0 Å². The summed E-state index contributed by atoms with van der Waals surface area (Å²) < 4.78 is 5.48. The van der Waals surface area contributed by atoms with Gasteiger partial charge in [-0.05, 0) is 32.4 Å². The van der Waals surface area contributed by atoms with Gasteiger partial charge in [-0.15, -0.1) is 0 Å². The zero-order valence-electron chi connectivity index (χ0n) is 9.29. The zero-order valence-corrected chi connectivity index (χ0v) is 9.29. The number of aromatic nitrogens is 2. The number of hydrogen-bond donors (Lipinski definition) is 1. The molecule has 15 heavy (non-hydrogen) atoms. The highest BCUT2D eigenvalue weighted by Gasteiger charge is 2.11. The number of nitrogens with zero attached hydrogens (tertiary/aromatic N) is 2. The Morgan fingerprint density at radius 1 is 1.33 bits per heavy atom. The Bertz CT molecular complexity index is 339. The Labute approximate surface area is 90.1 Å². The summed E-state index contributed by atoms with van der Waals surface area (Å²) in [6, 6.07) is 0.505. The van der Waals surface area contributed by atoms with Gasteiger partial charge >= 0.3 is 6.01 Å². The van der Waals surface area contributed by atoms with Crippen molar-refractivity contribution in [2.75, 3.05) is 13.1 Å². The van der Waals surface area contributed by atoms with Gasteiger partial charge in [-0.2, -0.15) is 4.98 Å². The summed E-state index contributed by atoms with van der Waals surface area (Å²) in [5.74, 6) is 0. The molecule has 2 heterocycles. The molecule has 0 radical (unpaired) electrons. The third-order valence-corrected chi connectivity index (χ3v) is 2.38. The van der Waals surface area contributed by atoms with Gasteiger partial charge in [-0.1, -0.05) is 0 Å². The lowest BCUT2D eigenvalue weighted by atomic mass is 10.1. The fourth-order valence-electron chi connectivity index (χ4n) is 1.67. The van der Waals surface area contributed by atoms with Crippen LogP contribution in [0.4, 0.5) is 0 Å². The van der Waals surface area contributed by atoms with Crippen LogP contribution in [-0.2, 0) is 12.8 Å². The van der Waals surface area contributed by atoms with E-state index in [9.17, 15) is 0 Å². The SMILES string of the molecule is CC(C)Oc1ncc2c(n1)CCNCC2. The average molecular weight is 207 g/mol. The third kappa shape index (κ3) is 2.65. The molecule has 0 saturated heterocycles. The monoisotopic (exact) mass is 207 g/mol.